The lowest BCUT2D eigenvalue weighted by Gasteiger charge is -2.26. The third-order valence-corrected chi connectivity index (χ3v) is 4.36. The van der Waals surface area contributed by atoms with Gasteiger partial charge < -0.3 is 9.84 Å². The maximum Gasteiger partial charge on any atom is 0.413 e. The smallest absolute Gasteiger partial charge is 0.413 e. The number of anilines is 1. The number of carbonyl (C=O) groups is 1. The minimum atomic E-state index is -0.997. The van der Waals surface area contributed by atoms with Gasteiger partial charge in [0.1, 0.15) is 5.82 Å². The second kappa shape index (κ2) is 7.96. The van der Waals surface area contributed by atoms with Crippen LogP contribution in [0.15, 0.2) is 16.7 Å². The minimum absolute atomic E-state index is 0.225. The zero-order valence-electron chi connectivity index (χ0n) is 11.6. The van der Waals surface area contributed by atoms with E-state index in [0.29, 0.717) is 23.8 Å². The second-order valence-corrected chi connectivity index (χ2v) is 6.23. The van der Waals surface area contributed by atoms with Gasteiger partial charge in [-0.1, -0.05) is 0 Å². The average molecular weight is 378 g/mol. The Kier molecular flexibility index (Phi) is 6.26. The molecule has 1 saturated heterocycles. The minimum Gasteiger partial charge on any atom is -0.465 e. The summed E-state index contributed by atoms with van der Waals surface area (Å²) in [5.41, 5.74) is 0.709. The maximum atomic E-state index is 11.5. The van der Waals surface area contributed by atoms with Crippen LogP contribution in [0.25, 0.3) is 0 Å². The Morgan fingerprint density at radius 3 is 2.86 bits per heavy atom. The van der Waals surface area contributed by atoms with Crippen molar-refractivity contribution in [3.05, 3.63) is 22.3 Å². The highest BCUT2D eigenvalue weighted by atomic mass is 79.9. The molecule has 0 aromatic carbocycles. The number of ether oxygens (including phenoxy) is 1. The molecule has 1 aliphatic rings. The first-order valence-corrected chi connectivity index (χ1v) is 8.23. The molecule has 1 fully saturated rings. The van der Waals surface area contributed by atoms with Gasteiger partial charge >= 0.3 is 6.09 Å². The van der Waals surface area contributed by atoms with Crippen LogP contribution in [0.2, 0.25) is 0 Å². The standard InChI is InChI=1S/C14H18BrClN2O3/c15-12-7-11(8-16)13(17-9-12)18(14(19)20)4-1-10-2-5-21-6-3-10/h7,9-10H,1-6,8H2,(H,19,20). The zero-order valence-corrected chi connectivity index (χ0v) is 13.9. The van der Waals surface area contributed by atoms with E-state index in [9.17, 15) is 9.90 Å². The van der Waals surface area contributed by atoms with Gasteiger partial charge in [-0.15, -0.1) is 11.6 Å². The lowest BCUT2D eigenvalue weighted by atomic mass is 9.96. The van der Waals surface area contributed by atoms with Crippen molar-refractivity contribution in [3.63, 3.8) is 0 Å². The Morgan fingerprint density at radius 1 is 1.52 bits per heavy atom. The molecule has 0 radical (unpaired) electrons. The average Bonchev–Trinajstić information content (AvgIpc) is 2.49. The molecule has 2 rings (SSSR count). The predicted molar refractivity (Wildman–Crippen MR) is 85.0 cm³/mol. The number of hydrogen-bond acceptors (Lipinski definition) is 3. The third-order valence-electron chi connectivity index (χ3n) is 3.64. The van der Waals surface area contributed by atoms with E-state index < -0.39 is 6.09 Å². The largest absolute Gasteiger partial charge is 0.465 e. The van der Waals surface area contributed by atoms with Crippen molar-refractivity contribution in [2.75, 3.05) is 24.7 Å². The maximum absolute atomic E-state index is 11.5. The molecule has 1 aromatic heterocycles. The first-order chi connectivity index (χ1) is 10.1. The summed E-state index contributed by atoms with van der Waals surface area (Å²) in [5, 5.41) is 9.45. The van der Waals surface area contributed by atoms with E-state index in [4.69, 9.17) is 16.3 Å². The van der Waals surface area contributed by atoms with Crippen LogP contribution >= 0.6 is 27.5 Å². The molecule has 1 amide bonds. The molecule has 1 aromatic rings. The summed E-state index contributed by atoms with van der Waals surface area (Å²) in [7, 11) is 0. The van der Waals surface area contributed by atoms with Crippen molar-refractivity contribution in [2.24, 2.45) is 5.92 Å². The fraction of sp³-hybridized carbons (Fsp3) is 0.571. The summed E-state index contributed by atoms with van der Waals surface area (Å²) in [6.45, 7) is 1.96. The number of aromatic nitrogens is 1. The predicted octanol–water partition coefficient (Wildman–Crippen LogP) is 3.88. The van der Waals surface area contributed by atoms with E-state index in [1.54, 1.807) is 12.3 Å². The van der Waals surface area contributed by atoms with Gasteiger partial charge in [-0.05, 0) is 47.2 Å². The number of alkyl halides is 1. The van der Waals surface area contributed by atoms with E-state index >= 15 is 0 Å². The van der Waals surface area contributed by atoms with Crippen LogP contribution in [0.1, 0.15) is 24.8 Å². The highest BCUT2D eigenvalue weighted by Crippen LogP contribution is 2.25. The van der Waals surface area contributed by atoms with Crippen LogP contribution in [0, 0.1) is 5.92 Å². The van der Waals surface area contributed by atoms with Gasteiger partial charge in [0.25, 0.3) is 0 Å². The number of hydrogen-bond donors (Lipinski definition) is 1. The monoisotopic (exact) mass is 376 g/mol. The summed E-state index contributed by atoms with van der Waals surface area (Å²) in [6.07, 6.45) is 3.39. The van der Waals surface area contributed by atoms with Crippen LogP contribution < -0.4 is 4.90 Å². The quantitative estimate of drug-likeness (QED) is 0.791. The Hall–Kier alpha value is -0.850. The van der Waals surface area contributed by atoms with Crippen molar-refractivity contribution in [1.29, 1.82) is 0 Å². The van der Waals surface area contributed by atoms with Crippen LogP contribution in [-0.4, -0.2) is 35.9 Å². The van der Waals surface area contributed by atoms with E-state index in [1.165, 1.54) is 4.90 Å². The summed E-state index contributed by atoms with van der Waals surface area (Å²) in [6, 6.07) is 1.81. The van der Waals surface area contributed by atoms with Gasteiger partial charge in [0, 0.05) is 36.0 Å². The van der Waals surface area contributed by atoms with Crippen molar-refractivity contribution in [1.82, 2.24) is 4.98 Å². The van der Waals surface area contributed by atoms with Gasteiger partial charge in [0.05, 0.1) is 5.88 Å². The molecular formula is C14H18BrClN2O3. The van der Waals surface area contributed by atoms with Crippen molar-refractivity contribution >= 4 is 39.4 Å². The normalized spacial score (nSPS) is 15.9. The van der Waals surface area contributed by atoms with Gasteiger partial charge in [-0.25, -0.2) is 9.78 Å². The topological polar surface area (TPSA) is 62.7 Å². The molecule has 0 spiro atoms. The Balaban J connectivity index is 2.09. The van der Waals surface area contributed by atoms with Crippen molar-refractivity contribution < 1.29 is 14.6 Å². The number of amides is 1. The van der Waals surface area contributed by atoms with E-state index in [-0.39, 0.29) is 5.88 Å². The SMILES string of the molecule is O=C(O)N(CCC1CCOCC1)c1ncc(Br)cc1CCl. The second-order valence-electron chi connectivity index (χ2n) is 5.05. The number of nitrogens with zero attached hydrogens (tertiary/aromatic N) is 2. The fourth-order valence-corrected chi connectivity index (χ4v) is 3.03. The summed E-state index contributed by atoms with van der Waals surface area (Å²) >= 11 is 9.23. The fourth-order valence-electron chi connectivity index (χ4n) is 2.45. The highest BCUT2D eigenvalue weighted by Gasteiger charge is 2.22. The third kappa shape index (κ3) is 4.56. The van der Waals surface area contributed by atoms with Crippen LogP contribution in [0.3, 0.4) is 0 Å². The van der Waals surface area contributed by atoms with E-state index in [2.05, 4.69) is 20.9 Å². The lowest BCUT2D eigenvalue weighted by molar-refractivity contribution is 0.0645. The summed E-state index contributed by atoms with van der Waals surface area (Å²) in [4.78, 5) is 17.0. The number of halogens is 2. The highest BCUT2D eigenvalue weighted by molar-refractivity contribution is 9.10. The molecular weight excluding hydrogens is 360 g/mol. The molecule has 7 heteroatoms. The molecule has 0 aliphatic carbocycles. The first-order valence-electron chi connectivity index (χ1n) is 6.90. The Morgan fingerprint density at radius 2 is 2.24 bits per heavy atom. The molecule has 0 unspecified atom stereocenters. The molecule has 21 heavy (non-hydrogen) atoms. The van der Waals surface area contributed by atoms with Crippen molar-refractivity contribution in [2.45, 2.75) is 25.1 Å². The molecule has 0 bridgehead atoms. The van der Waals surface area contributed by atoms with Crippen LogP contribution in [0.5, 0.6) is 0 Å². The Bertz CT molecular complexity index is 495. The molecule has 1 N–H and O–H groups in total. The molecule has 2 heterocycles. The number of pyridine rings is 1. The van der Waals surface area contributed by atoms with Crippen molar-refractivity contribution in [3.8, 4) is 0 Å². The molecule has 0 atom stereocenters. The van der Waals surface area contributed by atoms with E-state index in [1.807, 2.05) is 0 Å². The zero-order chi connectivity index (χ0) is 15.2. The molecule has 5 nitrogen and oxygen atoms in total. The number of rotatable bonds is 5. The molecule has 0 saturated carbocycles. The van der Waals surface area contributed by atoms with E-state index in [0.717, 1.165) is 36.9 Å². The molecule has 116 valence electrons. The summed E-state index contributed by atoms with van der Waals surface area (Å²) in [5.74, 6) is 1.16. The van der Waals surface area contributed by atoms with Crippen LogP contribution in [-0.2, 0) is 10.6 Å². The Labute approximate surface area is 137 Å². The first kappa shape index (κ1) is 16.5. The number of carboxylic acid groups (broad SMARTS) is 1. The van der Waals surface area contributed by atoms with Gasteiger partial charge in [0.15, 0.2) is 0 Å². The van der Waals surface area contributed by atoms with Crippen LogP contribution in [0.4, 0.5) is 10.6 Å². The molecule has 1 aliphatic heterocycles. The van der Waals surface area contributed by atoms with Gasteiger partial charge in [-0.2, -0.15) is 0 Å². The lowest BCUT2D eigenvalue weighted by Crippen LogP contribution is -2.33. The van der Waals surface area contributed by atoms with Gasteiger partial charge in [-0.3, -0.25) is 4.90 Å². The summed E-state index contributed by atoms with van der Waals surface area (Å²) < 4.78 is 6.11. The van der Waals surface area contributed by atoms with Gasteiger partial charge in [0.2, 0.25) is 0 Å².